The van der Waals surface area contributed by atoms with Crippen molar-refractivity contribution >= 4 is 29.7 Å². The lowest BCUT2D eigenvalue weighted by molar-refractivity contribution is 0.368. The van der Waals surface area contributed by atoms with Gasteiger partial charge in [0, 0.05) is 16.7 Å². The summed E-state index contributed by atoms with van der Waals surface area (Å²) in [5, 5.41) is 0. The van der Waals surface area contributed by atoms with Gasteiger partial charge in [0.05, 0.1) is 23.6 Å². The Labute approximate surface area is 367 Å². The molecule has 7 heteroatoms. The molecule has 0 saturated carbocycles. The molecule has 5 aromatic carbocycles. The van der Waals surface area contributed by atoms with Crippen molar-refractivity contribution in [3.63, 3.8) is 0 Å². The fourth-order valence-electron chi connectivity index (χ4n) is 9.38. The normalized spacial score (nSPS) is 17.7. The third kappa shape index (κ3) is 9.68. The molecule has 0 saturated heterocycles. The summed E-state index contributed by atoms with van der Waals surface area (Å²) in [6.45, 7) is 0. The van der Waals surface area contributed by atoms with E-state index in [0.717, 1.165) is 92.0 Å². The Bertz CT molecular complexity index is 2780. The molecule has 0 atom stereocenters. The van der Waals surface area contributed by atoms with Crippen LogP contribution in [0.2, 0.25) is 0 Å². The van der Waals surface area contributed by atoms with Crippen molar-refractivity contribution in [2.24, 2.45) is 0 Å². The van der Waals surface area contributed by atoms with Gasteiger partial charge in [-0.15, -0.1) is 0 Å². The summed E-state index contributed by atoms with van der Waals surface area (Å²) >= 11 is 0. The quantitative estimate of drug-likeness (QED) is 0.0907. The maximum atomic E-state index is 9.75. The van der Waals surface area contributed by atoms with Crippen molar-refractivity contribution in [1.29, 1.82) is 0 Å². The van der Waals surface area contributed by atoms with Crippen LogP contribution in [0.5, 0.6) is 0 Å². The second-order valence-corrected chi connectivity index (χ2v) is 16.3. The molecule has 0 unspecified atom stereocenters. The van der Waals surface area contributed by atoms with Crippen LogP contribution in [-0.2, 0) is 11.2 Å². The molecule has 0 amide bonds. The first-order valence-electron chi connectivity index (χ1n) is 21.9. The molecule has 1 aromatic heterocycles. The molecule has 0 bridgehead atoms. The van der Waals surface area contributed by atoms with E-state index in [4.69, 9.17) is 9.15 Å². The van der Waals surface area contributed by atoms with E-state index in [0.29, 0.717) is 0 Å². The van der Waals surface area contributed by atoms with Crippen LogP contribution in [-0.4, -0.2) is 7.25 Å². The van der Waals surface area contributed by atoms with Gasteiger partial charge in [0.2, 0.25) is 0 Å². The molecule has 314 valence electrons. The first kappa shape index (κ1) is 41.6. The minimum atomic E-state index is -6.00. The summed E-state index contributed by atoms with van der Waals surface area (Å²) in [5.74, 6) is 3.97. The Morgan fingerprint density at radius 2 is 0.984 bits per heavy atom. The molecule has 3 aliphatic carbocycles. The van der Waals surface area contributed by atoms with Gasteiger partial charge in [-0.2, -0.15) is 0 Å². The monoisotopic (exact) mass is 838 g/mol. The molecule has 4 aliphatic rings. The number of ether oxygens (including phenoxy) is 1. The predicted molar refractivity (Wildman–Crippen MR) is 250 cm³/mol. The average molecular weight is 839 g/mol. The number of aryl methyl sites for hydroxylation is 1. The Morgan fingerprint density at radius 1 is 0.492 bits per heavy atom. The van der Waals surface area contributed by atoms with Gasteiger partial charge in [0.1, 0.15) is 11.5 Å². The molecule has 0 N–H and O–H groups in total. The molecule has 10 rings (SSSR count). The highest BCUT2D eigenvalue weighted by molar-refractivity contribution is 6.50. The molecule has 63 heavy (non-hydrogen) atoms. The fraction of sp³-hybridized carbons (Fsp3) is 0.161. The van der Waals surface area contributed by atoms with Crippen molar-refractivity contribution in [3.8, 4) is 22.5 Å². The van der Waals surface area contributed by atoms with E-state index in [2.05, 4.69) is 176 Å². The minimum Gasteiger partial charge on any atom is -0.456 e. The molecular weight excluding hydrogens is 791 g/mol. The second kappa shape index (κ2) is 18.7. The fourth-order valence-corrected chi connectivity index (χ4v) is 9.38. The molecule has 6 aromatic rings. The van der Waals surface area contributed by atoms with Gasteiger partial charge in [-0.1, -0.05) is 152 Å². The summed E-state index contributed by atoms with van der Waals surface area (Å²) in [4.78, 5) is 0. The van der Waals surface area contributed by atoms with Crippen molar-refractivity contribution < 1.29 is 26.4 Å². The van der Waals surface area contributed by atoms with E-state index in [1.165, 1.54) is 66.8 Å². The van der Waals surface area contributed by atoms with E-state index in [1.54, 1.807) is 0 Å². The SMILES string of the molecule is C(=C1CCCC(C=C2CCCc3[o+]c(-c4ccccc4)cc(-c4ccccc4)c32)=C1c1ccccc1)C1=C2OC(c3ccccc3)=CC(c3ccccc3)=C2CCC1.F[B-](F)(F)F. The number of hydrogen-bond acceptors (Lipinski definition) is 1. The van der Waals surface area contributed by atoms with Crippen LogP contribution in [0.15, 0.2) is 208 Å². The Hall–Kier alpha value is -6.73. The van der Waals surface area contributed by atoms with E-state index in [1.807, 2.05) is 0 Å². The van der Waals surface area contributed by atoms with Gasteiger partial charge >= 0.3 is 18.8 Å². The van der Waals surface area contributed by atoms with Crippen LogP contribution in [0.4, 0.5) is 17.3 Å². The van der Waals surface area contributed by atoms with Gasteiger partial charge in [0.25, 0.3) is 0 Å². The molecular formula is C56H47BF4O2. The van der Waals surface area contributed by atoms with E-state index < -0.39 is 7.25 Å². The smallest absolute Gasteiger partial charge is 0.456 e. The average Bonchev–Trinajstić information content (AvgIpc) is 3.32. The number of hydrogen-bond donors (Lipinski definition) is 0. The highest BCUT2D eigenvalue weighted by atomic mass is 19.5. The van der Waals surface area contributed by atoms with Gasteiger partial charge in [-0.3, -0.25) is 0 Å². The molecule has 1 aliphatic heterocycles. The topological polar surface area (TPSA) is 20.5 Å². The highest BCUT2D eigenvalue weighted by Gasteiger charge is 2.33. The first-order chi connectivity index (χ1) is 30.8. The number of rotatable bonds is 7. The predicted octanol–water partition coefficient (Wildman–Crippen LogP) is 16.4. The van der Waals surface area contributed by atoms with Crippen LogP contribution < -0.4 is 0 Å². The van der Waals surface area contributed by atoms with Crippen LogP contribution in [0.25, 0.3) is 44.9 Å². The summed E-state index contributed by atoms with van der Waals surface area (Å²) in [6, 6.07) is 56.2. The maximum absolute atomic E-state index is 9.75. The zero-order valence-corrected chi connectivity index (χ0v) is 35.0. The van der Waals surface area contributed by atoms with Crippen LogP contribution >= 0.6 is 0 Å². The lowest BCUT2D eigenvalue weighted by atomic mass is 9.78. The van der Waals surface area contributed by atoms with Gasteiger partial charge in [-0.25, -0.2) is 4.42 Å². The number of benzene rings is 5. The van der Waals surface area contributed by atoms with Gasteiger partial charge in [-0.05, 0) is 120 Å². The minimum absolute atomic E-state index is 0.912. The summed E-state index contributed by atoms with van der Waals surface area (Å²) in [5.41, 5.74) is 17.9. The highest BCUT2D eigenvalue weighted by Crippen LogP contribution is 2.47. The van der Waals surface area contributed by atoms with E-state index in [9.17, 15) is 17.3 Å². The molecule has 2 heterocycles. The Morgan fingerprint density at radius 3 is 1.62 bits per heavy atom. The van der Waals surface area contributed by atoms with Gasteiger partial charge in [0.15, 0.2) is 0 Å². The van der Waals surface area contributed by atoms with Crippen LogP contribution in [0.1, 0.15) is 79.4 Å². The summed E-state index contributed by atoms with van der Waals surface area (Å²) < 4.78 is 52.8. The third-order valence-corrected chi connectivity index (χ3v) is 12.1. The standard InChI is InChI=1S/C56H47O2.BF4/c1-6-19-39(20-7-1)49-37-53(42-25-12-4-13-26-42)58-56-47(32-17-33-48(49)56)36-45-30-16-29-44(54(45)43-27-14-5-15-28-43)35-46-31-18-34-51-55(46)50(40-21-8-2-9-22-40)38-52(57-51)41-23-10-3-11-24-41;2-1(3,4)5/h1-15,19-28,35-38H,16-18,29-34H2;/q+1;-1. The number of allylic oxidation sites excluding steroid dienone is 10. The van der Waals surface area contributed by atoms with E-state index >= 15 is 0 Å². The molecule has 0 spiro atoms. The number of fused-ring (bicyclic) bond motifs is 2. The van der Waals surface area contributed by atoms with Crippen LogP contribution in [0.3, 0.4) is 0 Å². The van der Waals surface area contributed by atoms with Crippen molar-refractivity contribution in [3.05, 3.63) is 232 Å². The molecule has 2 nitrogen and oxygen atoms in total. The largest absolute Gasteiger partial charge is 0.673 e. The zero-order chi connectivity index (χ0) is 43.2. The Kier molecular flexibility index (Phi) is 12.4. The van der Waals surface area contributed by atoms with Gasteiger partial charge < -0.3 is 22.0 Å². The third-order valence-electron chi connectivity index (χ3n) is 12.1. The lowest BCUT2D eigenvalue weighted by Gasteiger charge is -2.30. The van der Waals surface area contributed by atoms with E-state index in [-0.39, 0.29) is 0 Å². The molecule has 0 radical (unpaired) electrons. The Balaban J connectivity index is 0.000000956. The maximum Gasteiger partial charge on any atom is 0.673 e. The van der Waals surface area contributed by atoms with Crippen molar-refractivity contribution in [2.45, 2.75) is 57.8 Å². The number of halogens is 4. The van der Waals surface area contributed by atoms with Crippen LogP contribution in [0, 0.1) is 0 Å². The van der Waals surface area contributed by atoms with Crippen molar-refractivity contribution in [2.75, 3.05) is 0 Å². The summed E-state index contributed by atoms with van der Waals surface area (Å²) in [7, 11) is -6.00. The summed E-state index contributed by atoms with van der Waals surface area (Å²) in [6.07, 6.45) is 16.6. The first-order valence-corrected chi connectivity index (χ1v) is 21.9. The molecule has 0 fully saturated rings. The second-order valence-electron chi connectivity index (χ2n) is 16.3. The van der Waals surface area contributed by atoms with Crippen molar-refractivity contribution in [1.82, 2.24) is 0 Å². The zero-order valence-electron chi connectivity index (χ0n) is 35.0. The lowest BCUT2D eigenvalue weighted by Crippen LogP contribution is -2.12.